The summed E-state index contributed by atoms with van der Waals surface area (Å²) in [5.41, 5.74) is -0.360. The molecule has 0 aromatic heterocycles. The van der Waals surface area contributed by atoms with E-state index in [1.165, 1.54) is 25.7 Å². The lowest BCUT2D eigenvalue weighted by Gasteiger charge is -2.30. The molecule has 1 heterocycles. The third-order valence-corrected chi connectivity index (χ3v) is 4.34. The Balaban J connectivity index is 1.81. The van der Waals surface area contributed by atoms with Gasteiger partial charge in [-0.1, -0.05) is 19.8 Å². The van der Waals surface area contributed by atoms with E-state index in [-0.39, 0.29) is 5.60 Å². The molecule has 2 fully saturated rings. The molecule has 3 unspecified atom stereocenters. The summed E-state index contributed by atoms with van der Waals surface area (Å²) in [6.07, 6.45) is 9.43. The van der Waals surface area contributed by atoms with Crippen LogP contribution in [0.1, 0.15) is 58.3 Å². The Morgan fingerprint density at radius 3 is 2.87 bits per heavy atom. The fourth-order valence-electron chi connectivity index (χ4n) is 3.32. The topological polar surface area (TPSA) is 29.5 Å². The van der Waals surface area contributed by atoms with Gasteiger partial charge in [0.15, 0.2) is 0 Å². The quantitative estimate of drug-likeness (QED) is 0.776. The van der Waals surface area contributed by atoms with Gasteiger partial charge in [0.1, 0.15) is 0 Å². The highest BCUT2D eigenvalue weighted by atomic mass is 16.5. The van der Waals surface area contributed by atoms with Crippen LogP contribution in [0, 0.1) is 5.92 Å². The van der Waals surface area contributed by atoms with E-state index in [1.807, 2.05) is 0 Å². The highest BCUT2D eigenvalue weighted by molar-refractivity contribution is 4.92. The van der Waals surface area contributed by atoms with Gasteiger partial charge in [0.25, 0.3) is 0 Å². The van der Waals surface area contributed by atoms with E-state index < -0.39 is 0 Å². The third kappa shape index (κ3) is 2.54. The molecule has 0 amide bonds. The summed E-state index contributed by atoms with van der Waals surface area (Å²) in [7, 11) is 0. The molecule has 1 aliphatic heterocycles. The molecule has 88 valence electrons. The second-order valence-electron chi connectivity index (χ2n) is 5.27. The number of aliphatic hydroxyl groups is 1. The summed E-state index contributed by atoms with van der Waals surface area (Å²) in [6.45, 7) is 3.13. The highest BCUT2D eigenvalue weighted by Gasteiger charge is 2.39. The van der Waals surface area contributed by atoms with Gasteiger partial charge in [0, 0.05) is 6.61 Å². The lowest BCUT2D eigenvalue weighted by molar-refractivity contribution is -0.0212. The van der Waals surface area contributed by atoms with Crippen LogP contribution in [0.3, 0.4) is 0 Å². The Kier molecular flexibility index (Phi) is 3.68. The van der Waals surface area contributed by atoms with E-state index in [9.17, 15) is 5.11 Å². The molecule has 0 radical (unpaired) electrons. The van der Waals surface area contributed by atoms with E-state index in [2.05, 4.69) is 6.92 Å². The zero-order valence-electron chi connectivity index (χ0n) is 9.87. The second kappa shape index (κ2) is 4.84. The molecule has 2 nitrogen and oxygen atoms in total. The highest BCUT2D eigenvalue weighted by Crippen LogP contribution is 2.41. The maximum Gasteiger partial charge on any atom is 0.0676 e. The minimum Gasteiger partial charge on any atom is -0.390 e. The van der Waals surface area contributed by atoms with Crippen molar-refractivity contribution in [2.45, 2.75) is 70.0 Å². The van der Waals surface area contributed by atoms with Crippen molar-refractivity contribution in [2.24, 2.45) is 5.92 Å². The predicted molar refractivity (Wildman–Crippen MR) is 60.8 cm³/mol. The maximum atomic E-state index is 10.6. The Morgan fingerprint density at radius 2 is 2.20 bits per heavy atom. The molecule has 0 bridgehead atoms. The van der Waals surface area contributed by atoms with Crippen molar-refractivity contribution in [2.75, 3.05) is 6.61 Å². The molecule has 2 rings (SSSR count). The van der Waals surface area contributed by atoms with Crippen LogP contribution in [0.15, 0.2) is 0 Å². The van der Waals surface area contributed by atoms with Gasteiger partial charge in [0.2, 0.25) is 0 Å². The first-order chi connectivity index (χ1) is 7.24. The molecule has 1 aliphatic carbocycles. The summed E-state index contributed by atoms with van der Waals surface area (Å²) in [4.78, 5) is 0. The normalized spacial score (nSPS) is 41.2. The van der Waals surface area contributed by atoms with Crippen molar-refractivity contribution < 1.29 is 9.84 Å². The van der Waals surface area contributed by atoms with Crippen LogP contribution < -0.4 is 0 Å². The first-order valence-corrected chi connectivity index (χ1v) is 6.58. The molecule has 0 aromatic rings. The SMILES string of the molecule is CCC1CCCC1(O)CCC1CCCO1. The largest absolute Gasteiger partial charge is 0.390 e. The second-order valence-corrected chi connectivity index (χ2v) is 5.27. The molecule has 1 saturated carbocycles. The fourth-order valence-corrected chi connectivity index (χ4v) is 3.32. The van der Waals surface area contributed by atoms with Crippen LogP contribution in [0.5, 0.6) is 0 Å². The Bertz CT molecular complexity index is 199. The number of ether oxygens (including phenoxy) is 1. The van der Waals surface area contributed by atoms with E-state index in [0.29, 0.717) is 12.0 Å². The first-order valence-electron chi connectivity index (χ1n) is 6.58. The van der Waals surface area contributed by atoms with Crippen molar-refractivity contribution in [3.63, 3.8) is 0 Å². The summed E-state index contributed by atoms with van der Waals surface area (Å²) in [6, 6.07) is 0. The molecule has 1 saturated heterocycles. The van der Waals surface area contributed by atoms with Crippen molar-refractivity contribution >= 4 is 0 Å². The Hall–Kier alpha value is -0.0800. The molecule has 2 heteroatoms. The van der Waals surface area contributed by atoms with Crippen LogP contribution in [-0.4, -0.2) is 23.4 Å². The number of hydrogen-bond acceptors (Lipinski definition) is 2. The fraction of sp³-hybridized carbons (Fsp3) is 1.00. The average molecular weight is 212 g/mol. The van der Waals surface area contributed by atoms with Crippen LogP contribution >= 0.6 is 0 Å². The van der Waals surface area contributed by atoms with E-state index in [0.717, 1.165) is 32.3 Å². The van der Waals surface area contributed by atoms with Crippen molar-refractivity contribution in [1.29, 1.82) is 0 Å². The average Bonchev–Trinajstić information content (AvgIpc) is 2.84. The standard InChI is InChI=1S/C13H24O2/c1-2-11-5-3-8-13(11,14)9-7-12-6-4-10-15-12/h11-12,14H,2-10H2,1H3. The van der Waals surface area contributed by atoms with Crippen molar-refractivity contribution in [1.82, 2.24) is 0 Å². The van der Waals surface area contributed by atoms with E-state index >= 15 is 0 Å². The summed E-state index contributed by atoms with van der Waals surface area (Å²) in [5.74, 6) is 0.541. The van der Waals surface area contributed by atoms with Crippen LogP contribution in [-0.2, 0) is 4.74 Å². The van der Waals surface area contributed by atoms with Gasteiger partial charge in [0.05, 0.1) is 11.7 Å². The van der Waals surface area contributed by atoms with Gasteiger partial charge in [-0.25, -0.2) is 0 Å². The maximum absolute atomic E-state index is 10.6. The number of hydrogen-bond donors (Lipinski definition) is 1. The molecule has 15 heavy (non-hydrogen) atoms. The van der Waals surface area contributed by atoms with Crippen LogP contribution in [0.25, 0.3) is 0 Å². The molecular weight excluding hydrogens is 188 g/mol. The van der Waals surface area contributed by atoms with Gasteiger partial charge in [-0.2, -0.15) is 0 Å². The lowest BCUT2D eigenvalue weighted by Crippen LogP contribution is -2.33. The Morgan fingerprint density at radius 1 is 1.33 bits per heavy atom. The molecular formula is C13H24O2. The van der Waals surface area contributed by atoms with E-state index in [1.54, 1.807) is 0 Å². The van der Waals surface area contributed by atoms with Crippen molar-refractivity contribution in [3.8, 4) is 0 Å². The van der Waals surface area contributed by atoms with Crippen LogP contribution in [0.4, 0.5) is 0 Å². The lowest BCUT2D eigenvalue weighted by atomic mass is 9.84. The van der Waals surface area contributed by atoms with E-state index in [4.69, 9.17) is 4.74 Å². The minimum absolute atomic E-state index is 0.360. The van der Waals surface area contributed by atoms with Gasteiger partial charge >= 0.3 is 0 Å². The molecule has 2 aliphatic rings. The molecule has 3 atom stereocenters. The van der Waals surface area contributed by atoms with Gasteiger partial charge < -0.3 is 9.84 Å². The summed E-state index contributed by atoms with van der Waals surface area (Å²) < 4.78 is 5.62. The van der Waals surface area contributed by atoms with Crippen LogP contribution in [0.2, 0.25) is 0 Å². The first kappa shape index (κ1) is 11.4. The zero-order valence-corrected chi connectivity index (χ0v) is 9.87. The number of rotatable bonds is 4. The predicted octanol–water partition coefficient (Wildman–Crippen LogP) is 2.89. The van der Waals surface area contributed by atoms with Gasteiger partial charge in [-0.15, -0.1) is 0 Å². The zero-order chi connectivity index (χ0) is 10.7. The molecule has 1 N–H and O–H groups in total. The summed E-state index contributed by atoms with van der Waals surface area (Å²) >= 11 is 0. The minimum atomic E-state index is -0.360. The molecule has 0 spiro atoms. The third-order valence-electron chi connectivity index (χ3n) is 4.34. The smallest absolute Gasteiger partial charge is 0.0676 e. The van der Waals surface area contributed by atoms with Crippen molar-refractivity contribution in [3.05, 3.63) is 0 Å². The Labute approximate surface area is 93.0 Å². The van der Waals surface area contributed by atoms with Gasteiger partial charge in [-0.3, -0.25) is 0 Å². The molecule has 0 aromatic carbocycles. The summed E-state index contributed by atoms with van der Waals surface area (Å²) in [5, 5.41) is 10.6. The monoisotopic (exact) mass is 212 g/mol. The van der Waals surface area contributed by atoms with Gasteiger partial charge in [-0.05, 0) is 44.4 Å².